The van der Waals surface area contributed by atoms with Crippen LogP contribution in [0, 0.1) is 13.8 Å². The highest BCUT2D eigenvalue weighted by atomic mass is 16.5. The van der Waals surface area contributed by atoms with Crippen LogP contribution >= 0.6 is 0 Å². The van der Waals surface area contributed by atoms with Crippen LogP contribution in [0.15, 0.2) is 41.5 Å². The lowest BCUT2D eigenvalue weighted by Gasteiger charge is -2.35. The van der Waals surface area contributed by atoms with E-state index >= 15 is 0 Å². The Labute approximate surface area is 208 Å². The van der Waals surface area contributed by atoms with Gasteiger partial charge < -0.3 is 19.5 Å². The van der Waals surface area contributed by atoms with E-state index in [0.29, 0.717) is 37.3 Å². The van der Waals surface area contributed by atoms with E-state index in [1.165, 1.54) is 5.56 Å². The van der Waals surface area contributed by atoms with E-state index in [0.717, 1.165) is 53.7 Å². The zero-order valence-electron chi connectivity index (χ0n) is 20.7. The van der Waals surface area contributed by atoms with Crippen molar-refractivity contribution in [2.24, 2.45) is 0 Å². The van der Waals surface area contributed by atoms with E-state index in [4.69, 9.17) is 4.74 Å². The summed E-state index contributed by atoms with van der Waals surface area (Å²) >= 11 is 0. The first kappa shape index (κ1) is 22.7. The van der Waals surface area contributed by atoms with Crippen molar-refractivity contribution in [3.63, 3.8) is 0 Å². The number of benzene rings is 1. The number of nitrogens with one attached hydrogen (secondary N) is 1. The molecule has 9 heteroatoms. The average Bonchev–Trinajstić information content (AvgIpc) is 3.35. The average molecular weight is 487 g/mol. The van der Waals surface area contributed by atoms with Gasteiger partial charge in [0.25, 0.3) is 11.5 Å². The number of nitrogens with zero attached hydrogens (tertiary/aromatic N) is 5. The number of aromatic nitrogens is 4. The Bertz CT molecular complexity index is 1510. The van der Waals surface area contributed by atoms with Gasteiger partial charge in [0.1, 0.15) is 5.82 Å². The Kier molecular flexibility index (Phi) is 5.72. The number of H-pyrrole nitrogens is 1. The van der Waals surface area contributed by atoms with Gasteiger partial charge in [0.05, 0.1) is 28.7 Å². The van der Waals surface area contributed by atoms with Gasteiger partial charge in [-0.3, -0.25) is 14.3 Å². The molecule has 0 atom stereocenters. The summed E-state index contributed by atoms with van der Waals surface area (Å²) in [6, 6.07) is 8.10. The number of aryl methyl sites for hydroxylation is 2. The number of hydrogen-bond donors (Lipinski definition) is 1. The summed E-state index contributed by atoms with van der Waals surface area (Å²) in [4.78, 5) is 38.1. The van der Waals surface area contributed by atoms with Crippen molar-refractivity contribution in [2.75, 3.05) is 44.3 Å². The Morgan fingerprint density at radius 1 is 1.06 bits per heavy atom. The molecule has 9 nitrogen and oxygen atoms in total. The first-order chi connectivity index (χ1) is 17.5. The molecule has 0 aliphatic carbocycles. The van der Waals surface area contributed by atoms with Gasteiger partial charge in [-0.15, -0.1) is 0 Å². The van der Waals surface area contributed by atoms with E-state index in [1.54, 1.807) is 6.20 Å². The molecular formula is C27H30N6O3. The molecular weight excluding hydrogens is 456 g/mol. The summed E-state index contributed by atoms with van der Waals surface area (Å²) in [5.41, 5.74) is 4.06. The Balaban J connectivity index is 1.34. The number of pyridine rings is 2. The topological polar surface area (TPSA) is 96.4 Å². The number of rotatable bonds is 3. The molecule has 2 fully saturated rings. The van der Waals surface area contributed by atoms with E-state index in [-0.39, 0.29) is 17.5 Å². The third-order valence-electron chi connectivity index (χ3n) is 7.47. The fraction of sp³-hybridized carbons (Fsp3) is 0.407. The molecule has 0 saturated carbocycles. The number of carbonyl (C=O) groups is 1. The van der Waals surface area contributed by atoms with Crippen molar-refractivity contribution in [1.82, 2.24) is 24.6 Å². The number of aromatic amines is 1. The zero-order chi connectivity index (χ0) is 24.8. The Morgan fingerprint density at radius 3 is 2.58 bits per heavy atom. The van der Waals surface area contributed by atoms with E-state index in [1.807, 2.05) is 40.9 Å². The summed E-state index contributed by atoms with van der Waals surface area (Å²) in [5.74, 6) is 0.972. The standard InChI is InChI=1S/C27H30N6O3/c1-17-3-6-28-24(13-17)31-7-9-32(10-8-31)27(35)20-15-21-23(14-18(20)2)30-26(34)22-16-29-33(25(21)22)19-4-11-36-12-5-19/h3,6,13-16,19H,4-5,7-12H2,1-2H3,(H,30,34). The highest BCUT2D eigenvalue weighted by Gasteiger charge is 2.26. The van der Waals surface area contributed by atoms with Crippen molar-refractivity contribution in [3.8, 4) is 0 Å². The van der Waals surface area contributed by atoms with E-state index in [9.17, 15) is 9.59 Å². The highest BCUT2D eigenvalue weighted by molar-refractivity contribution is 6.07. The molecule has 2 saturated heterocycles. The lowest BCUT2D eigenvalue weighted by molar-refractivity contribution is 0.0675. The second-order valence-electron chi connectivity index (χ2n) is 9.83. The molecule has 2 aliphatic rings. The van der Waals surface area contributed by atoms with Crippen LogP contribution in [0.25, 0.3) is 21.8 Å². The molecule has 1 amide bonds. The SMILES string of the molecule is Cc1ccnc(N2CCN(C(=O)c3cc4c(cc3C)[nH]c(=O)c3cnn(C5CCOCC5)c34)CC2)c1. The van der Waals surface area contributed by atoms with Crippen LogP contribution in [0.1, 0.15) is 40.4 Å². The van der Waals surface area contributed by atoms with Crippen molar-refractivity contribution in [2.45, 2.75) is 32.7 Å². The molecule has 1 N–H and O–H groups in total. The molecule has 6 rings (SSSR count). The predicted molar refractivity (Wildman–Crippen MR) is 139 cm³/mol. The lowest BCUT2D eigenvalue weighted by Crippen LogP contribution is -2.49. The van der Waals surface area contributed by atoms with Gasteiger partial charge in [-0.1, -0.05) is 0 Å². The summed E-state index contributed by atoms with van der Waals surface area (Å²) < 4.78 is 7.49. The van der Waals surface area contributed by atoms with Crippen LogP contribution in [0.4, 0.5) is 5.82 Å². The number of fused-ring (bicyclic) bond motifs is 3. The fourth-order valence-electron chi connectivity index (χ4n) is 5.43. The molecule has 0 unspecified atom stereocenters. The zero-order valence-corrected chi connectivity index (χ0v) is 20.7. The molecule has 1 aromatic carbocycles. The minimum absolute atomic E-state index is 0.0164. The largest absolute Gasteiger partial charge is 0.381 e. The fourth-order valence-corrected chi connectivity index (χ4v) is 5.43. The third-order valence-corrected chi connectivity index (χ3v) is 7.47. The summed E-state index contributed by atoms with van der Waals surface area (Å²) in [7, 11) is 0. The van der Waals surface area contributed by atoms with Gasteiger partial charge in [-0.05, 0) is 62.1 Å². The van der Waals surface area contributed by atoms with Crippen molar-refractivity contribution in [1.29, 1.82) is 0 Å². The first-order valence-electron chi connectivity index (χ1n) is 12.6. The maximum Gasteiger partial charge on any atom is 0.259 e. The van der Waals surface area contributed by atoms with Gasteiger partial charge in [0.2, 0.25) is 0 Å². The van der Waals surface area contributed by atoms with Crippen LogP contribution in [0.3, 0.4) is 0 Å². The van der Waals surface area contributed by atoms with Gasteiger partial charge in [-0.25, -0.2) is 4.98 Å². The minimum Gasteiger partial charge on any atom is -0.381 e. The number of ether oxygens (including phenoxy) is 1. The number of piperazine rings is 1. The summed E-state index contributed by atoms with van der Waals surface area (Å²) in [6.07, 6.45) is 5.17. The monoisotopic (exact) mass is 486 g/mol. The molecule has 0 bridgehead atoms. The summed E-state index contributed by atoms with van der Waals surface area (Å²) in [6.45, 7) is 8.09. The predicted octanol–water partition coefficient (Wildman–Crippen LogP) is 3.20. The van der Waals surface area contributed by atoms with Crippen LogP contribution in [-0.2, 0) is 4.74 Å². The molecule has 0 radical (unpaired) electrons. The number of hydrogen-bond acceptors (Lipinski definition) is 6. The quantitative estimate of drug-likeness (QED) is 0.478. The number of anilines is 1. The Hall–Kier alpha value is -3.72. The van der Waals surface area contributed by atoms with Crippen molar-refractivity contribution in [3.05, 3.63) is 63.7 Å². The number of amides is 1. The van der Waals surface area contributed by atoms with E-state index < -0.39 is 0 Å². The first-order valence-corrected chi connectivity index (χ1v) is 12.6. The molecule has 0 spiro atoms. The van der Waals surface area contributed by atoms with E-state index in [2.05, 4.69) is 33.0 Å². The van der Waals surface area contributed by atoms with Crippen molar-refractivity contribution < 1.29 is 9.53 Å². The maximum atomic E-state index is 13.7. The molecule has 5 heterocycles. The summed E-state index contributed by atoms with van der Waals surface area (Å²) in [5, 5.41) is 6.00. The molecule has 186 valence electrons. The lowest BCUT2D eigenvalue weighted by atomic mass is 10.0. The maximum absolute atomic E-state index is 13.7. The highest BCUT2D eigenvalue weighted by Crippen LogP contribution is 2.30. The minimum atomic E-state index is -0.157. The van der Waals surface area contributed by atoms with Gasteiger partial charge in [0, 0.05) is 56.5 Å². The van der Waals surface area contributed by atoms with Gasteiger partial charge in [0.15, 0.2) is 0 Å². The molecule has 4 aromatic rings. The molecule has 3 aromatic heterocycles. The normalized spacial score (nSPS) is 17.3. The third kappa shape index (κ3) is 3.93. The smallest absolute Gasteiger partial charge is 0.259 e. The molecule has 36 heavy (non-hydrogen) atoms. The van der Waals surface area contributed by atoms with Crippen LogP contribution in [-0.4, -0.2) is 69.9 Å². The molecule has 2 aliphatic heterocycles. The van der Waals surface area contributed by atoms with Crippen molar-refractivity contribution >= 4 is 33.5 Å². The Morgan fingerprint density at radius 2 is 1.83 bits per heavy atom. The van der Waals surface area contributed by atoms with Gasteiger partial charge >= 0.3 is 0 Å². The van der Waals surface area contributed by atoms with Crippen LogP contribution < -0.4 is 10.5 Å². The van der Waals surface area contributed by atoms with Crippen LogP contribution in [0.2, 0.25) is 0 Å². The van der Waals surface area contributed by atoms with Crippen LogP contribution in [0.5, 0.6) is 0 Å². The second kappa shape index (κ2) is 9.05. The number of carbonyl (C=O) groups excluding carboxylic acids is 1. The van der Waals surface area contributed by atoms with Gasteiger partial charge in [-0.2, -0.15) is 5.10 Å². The second-order valence-corrected chi connectivity index (χ2v) is 9.83.